The molecule has 0 saturated carbocycles. The summed E-state index contributed by atoms with van der Waals surface area (Å²) in [6.07, 6.45) is 2.12. The number of hydrogen-bond acceptors (Lipinski definition) is 1. The zero-order valence-electron chi connectivity index (χ0n) is 3.62. The Balaban J connectivity index is 2.57. The molecule has 0 unspecified atom stereocenters. The molecule has 0 aliphatic carbocycles. The Morgan fingerprint density at radius 1 is 1.57 bits per heavy atom. The van der Waals surface area contributed by atoms with Crippen molar-refractivity contribution in [3.05, 3.63) is 12.3 Å². The van der Waals surface area contributed by atoms with E-state index in [1.54, 1.807) is 0 Å². The SMILES string of the molecule is FC1(F)C=CNC1. The van der Waals surface area contributed by atoms with Crippen LogP contribution in [0.3, 0.4) is 0 Å². The summed E-state index contributed by atoms with van der Waals surface area (Å²) in [6.45, 7) is -0.243. The number of rotatable bonds is 0. The summed E-state index contributed by atoms with van der Waals surface area (Å²) in [5.74, 6) is -2.60. The minimum atomic E-state index is -2.60. The van der Waals surface area contributed by atoms with E-state index in [9.17, 15) is 8.78 Å². The molecule has 1 N–H and O–H groups in total. The maximum Gasteiger partial charge on any atom is 0.284 e. The van der Waals surface area contributed by atoms with Gasteiger partial charge in [0.15, 0.2) is 0 Å². The average molecular weight is 105 g/mol. The fraction of sp³-hybridized carbons (Fsp3) is 0.500. The molecule has 0 bridgehead atoms. The molecule has 7 heavy (non-hydrogen) atoms. The Bertz CT molecular complexity index is 97.9. The first-order chi connectivity index (χ1) is 3.21. The molecule has 1 aliphatic rings. The van der Waals surface area contributed by atoms with E-state index in [1.165, 1.54) is 6.20 Å². The fourth-order valence-corrected chi connectivity index (χ4v) is 0.435. The molecule has 1 rings (SSSR count). The van der Waals surface area contributed by atoms with Gasteiger partial charge >= 0.3 is 0 Å². The Morgan fingerprint density at radius 2 is 2.29 bits per heavy atom. The predicted molar refractivity (Wildman–Crippen MR) is 22.1 cm³/mol. The number of halogens is 2. The van der Waals surface area contributed by atoms with Crippen molar-refractivity contribution in [3.8, 4) is 0 Å². The van der Waals surface area contributed by atoms with Crippen LogP contribution in [0.1, 0.15) is 0 Å². The molecular weight excluding hydrogens is 100 g/mol. The molecule has 3 heteroatoms. The van der Waals surface area contributed by atoms with E-state index in [4.69, 9.17) is 0 Å². The Labute approximate surface area is 40.0 Å². The van der Waals surface area contributed by atoms with Gasteiger partial charge in [0.1, 0.15) is 0 Å². The van der Waals surface area contributed by atoms with Crippen LogP contribution in [0.25, 0.3) is 0 Å². The molecule has 1 heterocycles. The maximum absolute atomic E-state index is 11.8. The highest BCUT2D eigenvalue weighted by atomic mass is 19.3. The van der Waals surface area contributed by atoms with Crippen molar-refractivity contribution in [2.45, 2.75) is 5.92 Å². The molecule has 0 atom stereocenters. The van der Waals surface area contributed by atoms with Gasteiger partial charge in [-0.1, -0.05) is 0 Å². The molecule has 1 nitrogen and oxygen atoms in total. The zero-order chi connectivity index (χ0) is 5.33. The molecule has 0 saturated heterocycles. The summed E-state index contributed by atoms with van der Waals surface area (Å²) in [5, 5.41) is 2.38. The lowest BCUT2D eigenvalue weighted by molar-refractivity contribution is 0.0685. The van der Waals surface area contributed by atoms with Gasteiger partial charge in [0.05, 0.1) is 6.54 Å². The second kappa shape index (κ2) is 1.18. The molecule has 0 amide bonds. The lowest BCUT2D eigenvalue weighted by atomic mass is 10.4. The summed E-state index contributed by atoms with van der Waals surface area (Å²) in [7, 11) is 0. The Morgan fingerprint density at radius 3 is 2.43 bits per heavy atom. The quantitative estimate of drug-likeness (QED) is 0.479. The summed E-state index contributed by atoms with van der Waals surface area (Å²) in [4.78, 5) is 0. The highest BCUT2D eigenvalue weighted by molar-refractivity contribution is 5.01. The lowest BCUT2D eigenvalue weighted by Gasteiger charge is -2.00. The van der Waals surface area contributed by atoms with Gasteiger partial charge in [0.2, 0.25) is 0 Å². The first-order valence-electron chi connectivity index (χ1n) is 2.00. The van der Waals surface area contributed by atoms with Crippen molar-refractivity contribution in [1.82, 2.24) is 5.32 Å². The highest BCUT2D eigenvalue weighted by Gasteiger charge is 2.27. The second-order valence-corrected chi connectivity index (χ2v) is 1.48. The summed E-state index contributed by atoms with van der Waals surface area (Å²) < 4.78 is 23.6. The van der Waals surface area contributed by atoms with Crippen LogP contribution >= 0.6 is 0 Å². The maximum atomic E-state index is 11.8. The molecule has 0 fully saturated rings. The van der Waals surface area contributed by atoms with Crippen LogP contribution in [0, 0.1) is 0 Å². The smallest absolute Gasteiger partial charge is 0.284 e. The lowest BCUT2D eigenvalue weighted by Crippen LogP contribution is -2.19. The Kier molecular flexibility index (Phi) is 0.770. The van der Waals surface area contributed by atoms with Crippen molar-refractivity contribution in [1.29, 1.82) is 0 Å². The monoisotopic (exact) mass is 105 g/mol. The van der Waals surface area contributed by atoms with Crippen LogP contribution in [0.4, 0.5) is 8.78 Å². The normalized spacial score (nSPS) is 24.9. The van der Waals surface area contributed by atoms with Crippen LogP contribution in [0.5, 0.6) is 0 Å². The highest BCUT2D eigenvalue weighted by Crippen LogP contribution is 2.16. The minimum absolute atomic E-state index is 0.243. The van der Waals surface area contributed by atoms with Crippen molar-refractivity contribution >= 4 is 0 Å². The predicted octanol–water partition coefficient (Wildman–Crippen LogP) is 0.739. The van der Waals surface area contributed by atoms with Gasteiger partial charge in [-0.25, -0.2) is 0 Å². The van der Waals surface area contributed by atoms with Gasteiger partial charge < -0.3 is 5.32 Å². The van der Waals surface area contributed by atoms with E-state index in [0.717, 1.165) is 6.08 Å². The van der Waals surface area contributed by atoms with Gasteiger partial charge in [-0.05, 0) is 6.20 Å². The average Bonchev–Trinajstić information content (AvgIpc) is 1.84. The third-order valence-electron chi connectivity index (χ3n) is 0.783. The molecule has 0 radical (unpaired) electrons. The number of alkyl halides is 2. The summed E-state index contributed by atoms with van der Waals surface area (Å²) in [5.41, 5.74) is 0. The van der Waals surface area contributed by atoms with Gasteiger partial charge in [-0.3, -0.25) is 0 Å². The molecule has 0 spiro atoms. The molecular formula is C4H5F2N. The largest absolute Gasteiger partial charge is 0.385 e. The number of hydrogen-bond donors (Lipinski definition) is 1. The van der Waals surface area contributed by atoms with E-state index in [0.29, 0.717) is 0 Å². The van der Waals surface area contributed by atoms with E-state index in [1.807, 2.05) is 0 Å². The van der Waals surface area contributed by atoms with E-state index in [2.05, 4.69) is 5.32 Å². The molecule has 0 aromatic carbocycles. The van der Waals surface area contributed by atoms with Crippen molar-refractivity contribution in [3.63, 3.8) is 0 Å². The zero-order valence-corrected chi connectivity index (χ0v) is 3.62. The van der Waals surface area contributed by atoms with Crippen LogP contribution in [0.2, 0.25) is 0 Å². The molecule has 1 aliphatic heterocycles. The van der Waals surface area contributed by atoms with E-state index >= 15 is 0 Å². The standard InChI is InChI=1S/C4H5F2N/c5-4(6)1-2-7-3-4/h1-2,7H,3H2. The van der Waals surface area contributed by atoms with Crippen LogP contribution in [0.15, 0.2) is 12.3 Å². The fourth-order valence-electron chi connectivity index (χ4n) is 0.435. The van der Waals surface area contributed by atoms with Gasteiger partial charge in [0, 0.05) is 6.08 Å². The van der Waals surface area contributed by atoms with Crippen molar-refractivity contribution in [2.75, 3.05) is 6.54 Å². The first-order valence-corrected chi connectivity index (χ1v) is 2.00. The summed E-state index contributed by atoms with van der Waals surface area (Å²) >= 11 is 0. The molecule has 0 aromatic heterocycles. The van der Waals surface area contributed by atoms with Crippen LogP contribution in [-0.2, 0) is 0 Å². The number of nitrogens with one attached hydrogen (secondary N) is 1. The van der Waals surface area contributed by atoms with Crippen LogP contribution in [-0.4, -0.2) is 12.5 Å². The van der Waals surface area contributed by atoms with Crippen molar-refractivity contribution in [2.24, 2.45) is 0 Å². The summed E-state index contributed by atoms with van der Waals surface area (Å²) in [6, 6.07) is 0. The van der Waals surface area contributed by atoms with E-state index in [-0.39, 0.29) is 6.54 Å². The van der Waals surface area contributed by atoms with Gasteiger partial charge in [-0.15, -0.1) is 0 Å². The molecule has 0 aromatic rings. The third-order valence-corrected chi connectivity index (χ3v) is 0.783. The van der Waals surface area contributed by atoms with E-state index < -0.39 is 5.92 Å². The topological polar surface area (TPSA) is 12.0 Å². The minimum Gasteiger partial charge on any atom is -0.385 e. The van der Waals surface area contributed by atoms with Gasteiger partial charge in [-0.2, -0.15) is 8.78 Å². The van der Waals surface area contributed by atoms with Gasteiger partial charge in [0.25, 0.3) is 5.92 Å². The van der Waals surface area contributed by atoms with Crippen molar-refractivity contribution < 1.29 is 8.78 Å². The second-order valence-electron chi connectivity index (χ2n) is 1.48. The molecule has 40 valence electrons. The Hall–Kier alpha value is -0.600. The third kappa shape index (κ3) is 0.885. The first kappa shape index (κ1) is 4.56. The van der Waals surface area contributed by atoms with Crippen LogP contribution < -0.4 is 5.32 Å².